The molecule has 2 rings (SSSR count). The Morgan fingerprint density at radius 2 is 2.04 bits per heavy atom. The molecule has 3 N–H and O–H groups in total. The van der Waals surface area contributed by atoms with E-state index in [2.05, 4.69) is 27.3 Å². The fourth-order valence-corrected chi connectivity index (χ4v) is 3.34. The number of benzene rings is 1. The summed E-state index contributed by atoms with van der Waals surface area (Å²) >= 11 is 0. The second-order valence-electron chi connectivity index (χ2n) is 7.07. The fraction of sp³-hybridized carbons (Fsp3) is 0.650. The summed E-state index contributed by atoms with van der Waals surface area (Å²) in [5, 5.41) is 15.7. The SMILES string of the molecule is CCCC(CCO)CN=C(NCC)NC1CC1c1ccccc1OC(F)(F)F. The molecule has 1 aliphatic rings. The number of hydrogen-bond donors (Lipinski definition) is 3. The van der Waals surface area contributed by atoms with Crippen LogP contribution in [-0.4, -0.2) is 43.2 Å². The van der Waals surface area contributed by atoms with Gasteiger partial charge in [-0.05, 0) is 43.7 Å². The lowest BCUT2D eigenvalue weighted by Crippen LogP contribution is -2.39. The van der Waals surface area contributed by atoms with Crippen molar-refractivity contribution >= 4 is 5.96 Å². The van der Waals surface area contributed by atoms with Crippen molar-refractivity contribution in [2.75, 3.05) is 19.7 Å². The van der Waals surface area contributed by atoms with E-state index in [1.54, 1.807) is 12.1 Å². The molecule has 0 radical (unpaired) electrons. The number of para-hydroxylation sites is 1. The Balaban J connectivity index is 2.00. The zero-order chi connectivity index (χ0) is 20.6. The molecule has 1 aromatic rings. The molecule has 1 aliphatic carbocycles. The first-order valence-corrected chi connectivity index (χ1v) is 9.88. The minimum Gasteiger partial charge on any atom is -0.405 e. The Kier molecular flexibility index (Phi) is 8.41. The van der Waals surface area contributed by atoms with Gasteiger partial charge in [0.15, 0.2) is 5.96 Å². The van der Waals surface area contributed by atoms with E-state index in [9.17, 15) is 18.3 Å². The Hall–Kier alpha value is -1.96. The van der Waals surface area contributed by atoms with Gasteiger partial charge in [0, 0.05) is 31.7 Å². The monoisotopic (exact) mass is 401 g/mol. The van der Waals surface area contributed by atoms with E-state index in [0.29, 0.717) is 37.0 Å². The number of ether oxygens (including phenoxy) is 1. The number of nitrogens with one attached hydrogen (secondary N) is 2. The van der Waals surface area contributed by atoms with Crippen molar-refractivity contribution in [1.82, 2.24) is 10.6 Å². The molecular weight excluding hydrogens is 371 g/mol. The molecule has 158 valence electrons. The first-order valence-electron chi connectivity index (χ1n) is 9.88. The van der Waals surface area contributed by atoms with Gasteiger partial charge in [0.05, 0.1) is 0 Å². The van der Waals surface area contributed by atoms with Gasteiger partial charge in [-0.15, -0.1) is 13.2 Å². The zero-order valence-corrected chi connectivity index (χ0v) is 16.4. The summed E-state index contributed by atoms with van der Waals surface area (Å²) in [6.07, 6.45) is -1.24. The fourth-order valence-electron chi connectivity index (χ4n) is 3.34. The molecule has 0 amide bonds. The van der Waals surface area contributed by atoms with E-state index in [-0.39, 0.29) is 24.3 Å². The molecule has 0 heterocycles. The van der Waals surface area contributed by atoms with Crippen LogP contribution in [0.2, 0.25) is 0 Å². The van der Waals surface area contributed by atoms with E-state index in [1.165, 1.54) is 12.1 Å². The molecule has 3 unspecified atom stereocenters. The van der Waals surface area contributed by atoms with E-state index < -0.39 is 6.36 Å². The van der Waals surface area contributed by atoms with Crippen molar-refractivity contribution in [2.45, 2.75) is 57.9 Å². The quantitative estimate of drug-likeness (QED) is 0.412. The van der Waals surface area contributed by atoms with Crippen LogP contribution in [0, 0.1) is 5.92 Å². The van der Waals surface area contributed by atoms with Crippen LogP contribution in [-0.2, 0) is 0 Å². The molecule has 1 fully saturated rings. The highest BCUT2D eigenvalue weighted by molar-refractivity contribution is 5.80. The predicted octanol–water partition coefficient (Wildman–Crippen LogP) is 3.79. The molecule has 0 aromatic heterocycles. The lowest BCUT2D eigenvalue weighted by atomic mass is 10.0. The second-order valence-corrected chi connectivity index (χ2v) is 7.07. The highest BCUT2D eigenvalue weighted by atomic mass is 19.4. The molecule has 0 bridgehead atoms. The summed E-state index contributed by atoms with van der Waals surface area (Å²) < 4.78 is 42.1. The van der Waals surface area contributed by atoms with Gasteiger partial charge in [-0.25, -0.2) is 0 Å². The number of rotatable bonds is 10. The Labute approximate surface area is 164 Å². The topological polar surface area (TPSA) is 65.9 Å². The number of guanidine groups is 1. The summed E-state index contributed by atoms with van der Waals surface area (Å²) in [4.78, 5) is 4.61. The molecule has 3 atom stereocenters. The normalized spacial score (nSPS) is 20.6. The first-order chi connectivity index (χ1) is 13.4. The highest BCUT2D eigenvalue weighted by Crippen LogP contribution is 2.45. The number of aliphatic imine (C=N–C) groups is 1. The summed E-state index contributed by atoms with van der Waals surface area (Å²) in [6, 6.07) is 6.30. The largest absolute Gasteiger partial charge is 0.573 e. The molecule has 1 aromatic carbocycles. The maximum absolute atomic E-state index is 12.6. The molecule has 0 aliphatic heterocycles. The molecule has 0 spiro atoms. The third-order valence-corrected chi connectivity index (χ3v) is 4.74. The smallest absolute Gasteiger partial charge is 0.405 e. The summed E-state index contributed by atoms with van der Waals surface area (Å²) in [5.41, 5.74) is 0.553. The standard InChI is InChI=1S/C20H30F3N3O2/c1-3-7-14(10-11-27)13-25-19(24-4-2)26-17-12-16(17)15-8-5-6-9-18(15)28-20(21,22)23/h5-6,8-9,14,16-17,27H,3-4,7,10-13H2,1-2H3,(H2,24,25,26). The van der Waals surface area contributed by atoms with Gasteiger partial charge in [-0.2, -0.15) is 0 Å². The zero-order valence-electron chi connectivity index (χ0n) is 16.4. The van der Waals surface area contributed by atoms with Gasteiger partial charge in [0.25, 0.3) is 0 Å². The molecule has 28 heavy (non-hydrogen) atoms. The number of aliphatic hydroxyl groups is 1. The van der Waals surface area contributed by atoms with Gasteiger partial charge >= 0.3 is 6.36 Å². The van der Waals surface area contributed by atoms with Crippen LogP contribution in [0.15, 0.2) is 29.3 Å². The van der Waals surface area contributed by atoms with Crippen LogP contribution in [0.4, 0.5) is 13.2 Å². The van der Waals surface area contributed by atoms with Crippen molar-refractivity contribution in [2.24, 2.45) is 10.9 Å². The van der Waals surface area contributed by atoms with Crippen molar-refractivity contribution in [1.29, 1.82) is 0 Å². The number of nitrogens with zero attached hydrogens (tertiary/aromatic N) is 1. The van der Waals surface area contributed by atoms with Crippen LogP contribution in [0.3, 0.4) is 0 Å². The van der Waals surface area contributed by atoms with Crippen LogP contribution >= 0.6 is 0 Å². The van der Waals surface area contributed by atoms with Gasteiger partial charge in [-0.1, -0.05) is 31.5 Å². The van der Waals surface area contributed by atoms with Crippen molar-refractivity contribution in [3.63, 3.8) is 0 Å². The van der Waals surface area contributed by atoms with Crippen molar-refractivity contribution in [3.05, 3.63) is 29.8 Å². The third-order valence-electron chi connectivity index (χ3n) is 4.74. The average Bonchev–Trinajstić information content (AvgIpc) is 3.38. The molecule has 0 saturated heterocycles. The summed E-state index contributed by atoms with van der Waals surface area (Å²) in [7, 11) is 0. The number of halogens is 3. The Morgan fingerprint density at radius 3 is 2.68 bits per heavy atom. The molecule has 5 nitrogen and oxygen atoms in total. The molecule has 1 saturated carbocycles. The number of alkyl halides is 3. The average molecular weight is 401 g/mol. The van der Waals surface area contributed by atoms with Crippen LogP contribution < -0.4 is 15.4 Å². The number of hydrogen-bond acceptors (Lipinski definition) is 3. The minimum atomic E-state index is -4.70. The maximum Gasteiger partial charge on any atom is 0.573 e. The first kappa shape index (κ1) is 22.3. The van der Waals surface area contributed by atoms with E-state index in [0.717, 1.165) is 19.3 Å². The summed E-state index contributed by atoms with van der Waals surface area (Å²) in [5.74, 6) is 0.785. The van der Waals surface area contributed by atoms with Crippen LogP contribution in [0.5, 0.6) is 5.75 Å². The lowest BCUT2D eigenvalue weighted by Gasteiger charge is -2.16. The minimum absolute atomic E-state index is 0.0123. The highest BCUT2D eigenvalue weighted by Gasteiger charge is 2.42. The van der Waals surface area contributed by atoms with Crippen molar-refractivity contribution < 1.29 is 23.0 Å². The van der Waals surface area contributed by atoms with Crippen LogP contribution in [0.25, 0.3) is 0 Å². The lowest BCUT2D eigenvalue weighted by molar-refractivity contribution is -0.274. The molecule has 8 heteroatoms. The van der Waals surface area contributed by atoms with Gasteiger partial charge in [0.2, 0.25) is 0 Å². The number of aliphatic hydroxyl groups excluding tert-OH is 1. The predicted molar refractivity (Wildman–Crippen MR) is 103 cm³/mol. The van der Waals surface area contributed by atoms with Crippen molar-refractivity contribution in [3.8, 4) is 5.75 Å². The van der Waals surface area contributed by atoms with E-state index in [1.807, 2.05) is 6.92 Å². The van der Waals surface area contributed by atoms with Crippen LogP contribution in [0.1, 0.15) is 51.0 Å². The van der Waals surface area contributed by atoms with E-state index >= 15 is 0 Å². The van der Waals surface area contributed by atoms with Gasteiger partial charge < -0.3 is 20.5 Å². The molecular formula is C20H30F3N3O2. The maximum atomic E-state index is 12.6. The van der Waals surface area contributed by atoms with E-state index in [4.69, 9.17) is 0 Å². The Morgan fingerprint density at radius 1 is 1.29 bits per heavy atom. The third kappa shape index (κ3) is 7.22. The van der Waals surface area contributed by atoms with Gasteiger partial charge in [-0.3, -0.25) is 4.99 Å². The summed E-state index contributed by atoms with van der Waals surface area (Å²) in [6.45, 7) is 5.51. The van der Waals surface area contributed by atoms with Gasteiger partial charge in [0.1, 0.15) is 5.75 Å². The second kappa shape index (κ2) is 10.5. The Bertz CT molecular complexity index is 631.